The van der Waals surface area contributed by atoms with Gasteiger partial charge in [-0.15, -0.1) is 0 Å². The molecular weight excluding hydrogens is 326 g/mol. The summed E-state index contributed by atoms with van der Waals surface area (Å²) in [4.78, 5) is -0.131. The van der Waals surface area contributed by atoms with Crippen molar-refractivity contribution in [2.45, 2.75) is 25.2 Å². The zero-order valence-corrected chi connectivity index (χ0v) is 14.2. The van der Waals surface area contributed by atoms with E-state index in [-0.39, 0.29) is 22.4 Å². The van der Waals surface area contributed by atoms with Crippen LogP contribution in [0.5, 0.6) is 0 Å². The molecular formula is C13H21N3O4S2. The standard InChI is InChI=1S/C13H21N3O4S2/c1-10-6-11(2)9-16(8-10)22(19,20)15-12-4-3-5-13(7-12)21(14,17)18/h3-5,7,10-11,15H,6,8-9H2,1-2H3,(H2,14,17,18)/t10-,11-/m1/s1. The first-order valence-electron chi connectivity index (χ1n) is 6.98. The number of sulfonamides is 1. The lowest BCUT2D eigenvalue weighted by atomic mass is 9.94. The second kappa shape index (κ2) is 6.15. The van der Waals surface area contributed by atoms with Gasteiger partial charge in [0.2, 0.25) is 10.0 Å². The molecule has 2 atom stereocenters. The molecule has 9 heteroatoms. The van der Waals surface area contributed by atoms with Gasteiger partial charge in [-0.1, -0.05) is 19.9 Å². The van der Waals surface area contributed by atoms with Crippen LogP contribution < -0.4 is 9.86 Å². The molecule has 2 rings (SSSR count). The minimum atomic E-state index is -3.87. The highest BCUT2D eigenvalue weighted by molar-refractivity contribution is 7.90. The van der Waals surface area contributed by atoms with Crippen LogP contribution in [0.2, 0.25) is 0 Å². The Balaban J connectivity index is 2.22. The molecule has 0 aliphatic carbocycles. The SMILES string of the molecule is C[C@@H]1C[C@@H](C)CN(S(=O)(=O)Nc2cccc(S(N)(=O)=O)c2)C1. The molecule has 1 aromatic carbocycles. The van der Waals surface area contributed by atoms with Crippen LogP contribution in [-0.4, -0.2) is 34.2 Å². The van der Waals surface area contributed by atoms with Crippen molar-refractivity contribution in [1.29, 1.82) is 0 Å². The zero-order valence-electron chi connectivity index (χ0n) is 12.6. The van der Waals surface area contributed by atoms with E-state index in [1.165, 1.54) is 28.6 Å². The fourth-order valence-corrected chi connectivity index (χ4v) is 4.77. The lowest BCUT2D eigenvalue weighted by Crippen LogP contribution is -2.45. The molecule has 0 spiro atoms. The van der Waals surface area contributed by atoms with Crippen LogP contribution >= 0.6 is 0 Å². The van der Waals surface area contributed by atoms with Crippen LogP contribution in [0.3, 0.4) is 0 Å². The molecule has 0 bridgehead atoms. The molecule has 3 N–H and O–H groups in total. The van der Waals surface area contributed by atoms with E-state index in [0.717, 1.165) is 6.42 Å². The van der Waals surface area contributed by atoms with E-state index in [0.29, 0.717) is 13.1 Å². The maximum absolute atomic E-state index is 12.4. The topological polar surface area (TPSA) is 110 Å². The predicted molar refractivity (Wildman–Crippen MR) is 84.9 cm³/mol. The van der Waals surface area contributed by atoms with Crippen LogP contribution in [0.15, 0.2) is 29.2 Å². The Labute approximate surface area is 131 Å². The highest BCUT2D eigenvalue weighted by atomic mass is 32.2. The Bertz CT molecular complexity index is 736. The fourth-order valence-electron chi connectivity index (χ4n) is 2.75. The second-order valence-electron chi connectivity index (χ2n) is 5.94. The maximum atomic E-state index is 12.4. The largest absolute Gasteiger partial charge is 0.301 e. The molecule has 0 amide bonds. The van der Waals surface area contributed by atoms with Gasteiger partial charge >= 0.3 is 10.2 Å². The number of nitrogens with zero attached hydrogens (tertiary/aromatic N) is 1. The smallest absolute Gasteiger partial charge is 0.271 e. The van der Waals surface area contributed by atoms with Gasteiger partial charge in [-0.05, 0) is 36.5 Å². The number of nitrogens with one attached hydrogen (secondary N) is 1. The Kier molecular flexibility index (Phi) is 4.81. The van der Waals surface area contributed by atoms with Crippen molar-refractivity contribution in [3.05, 3.63) is 24.3 Å². The molecule has 1 fully saturated rings. The number of hydrogen-bond acceptors (Lipinski definition) is 4. The molecule has 124 valence electrons. The quantitative estimate of drug-likeness (QED) is 0.845. The van der Waals surface area contributed by atoms with Gasteiger partial charge in [-0.25, -0.2) is 13.6 Å². The highest BCUT2D eigenvalue weighted by Crippen LogP contribution is 2.24. The van der Waals surface area contributed by atoms with Crippen LogP contribution in [0.25, 0.3) is 0 Å². The van der Waals surface area contributed by atoms with Gasteiger partial charge in [-0.2, -0.15) is 12.7 Å². The van der Waals surface area contributed by atoms with Crippen LogP contribution in [0, 0.1) is 11.8 Å². The van der Waals surface area contributed by atoms with Crippen molar-refractivity contribution in [3.8, 4) is 0 Å². The number of piperidine rings is 1. The number of rotatable bonds is 4. The van der Waals surface area contributed by atoms with Crippen LogP contribution in [0.4, 0.5) is 5.69 Å². The minimum absolute atomic E-state index is 0.131. The van der Waals surface area contributed by atoms with Gasteiger partial charge in [0.15, 0.2) is 0 Å². The van der Waals surface area contributed by atoms with Gasteiger partial charge in [0.05, 0.1) is 10.6 Å². The summed E-state index contributed by atoms with van der Waals surface area (Å²) in [6, 6.07) is 5.46. The van der Waals surface area contributed by atoms with E-state index in [1.807, 2.05) is 13.8 Å². The van der Waals surface area contributed by atoms with Crippen molar-refractivity contribution in [2.24, 2.45) is 17.0 Å². The van der Waals surface area contributed by atoms with Gasteiger partial charge in [0.1, 0.15) is 0 Å². The van der Waals surface area contributed by atoms with Crippen molar-refractivity contribution in [3.63, 3.8) is 0 Å². The van der Waals surface area contributed by atoms with Crippen LogP contribution in [-0.2, 0) is 20.2 Å². The molecule has 1 saturated heterocycles. The predicted octanol–water partition coefficient (Wildman–Crippen LogP) is 0.969. The molecule has 0 unspecified atom stereocenters. The summed E-state index contributed by atoms with van der Waals surface area (Å²) in [5, 5.41) is 5.05. The third-order valence-corrected chi connectivity index (χ3v) is 5.97. The summed E-state index contributed by atoms with van der Waals surface area (Å²) in [6.45, 7) is 4.93. The molecule has 1 aromatic rings. The average molecular weight is 347 g/mol. The van der Waals surface area contributed by atoms with E-state index < -0.39 is 20.2 Å². The number of primary sulfonamides is 1. The molecule has 1 heterocycles. The summed E-state index contributed by atoms with van der Waals surface area (Å²) in [6.07, 6.45) is 0.993. The summed E-state index contributed by atoms with van der Waals surface area (Å²) < 4.78 is 51.4. The summed E-state index contributed by atoms with van der Waals surface area (Å²) in [5.74, 6) is 0.576. The maximum Gasteiger partial charge on any atom is 0.301 e. The third kappa shape index (κ3) is 4.19. The molecule has 0 saturated carbocycles. The van der Waals surface area contributed by atoms with Crippen molar-refractivity contribution in [2.75, 3.05) is 17.8 Å². The number of benzene rings is 1. The number of anilines is 1. The van der Waals surface area contributed by atoms with Crippen LogP contribution in [0.1, 0.15) is 20.3 Å². The monoisotopic (exact) mass is 347 g/mol. The molecule has 1 aliphatic rings. The fraction of sp³-hybridized carbons (Fsp3) is 0.538. The second-order valence-corrected chi connectivity index (χ2v) is 9.18. The van der Waals surface area contributed by atoms with E-state index in [1.54, 1.807) is 0 Å². The Morgan fingerprint density at radius 2 is 1.73 bits per heavy atom. The van der Waals surface area contributed by atoms with Crippen molar-refractivity contribution < 1.29 is 16.8 Å². The molecule has 7 nitrogen and oxygen atoms in total. The van der Waals surface area contributed by atoms with Gasteiger partial charge in [0, 0.05) is 13.1 Å². The normalized spacial score (nSPS) is 24.1. The molecule has 1 aliphatic heterocycles. The summed E-state index contributed by atoms with van der Waals surface area (Å²) in [5.41, 5.74) is 0.178. The van der Waals surface area contributed by atoms with E-state index in [9.17, 15) is 16.8 Å². The Hall–Kier alpha value is -1.16. The molecule has 0 aromatic heterocycles. The number of nitrogens with two attached hydrogens (primary N) is 1. The van der Waals surface area contributed by atoms with Crippen molar-refractivity contribution >= 4 is 25.9 Å². The molecule has 0 radical (unpaired) electrons. The van der Waals surface area contributed by atoms with E-state index in [2.05, 4.69) is 4.72 Å². The highest BCUT2D eigenvalue weighted by Gasteiger charge is 2.30. The summed E-state index contributed by atoms with van der Waals surface area (Å²) >= 11 is 0. The van der Waals surface area contributed by atoms with E-state index >= 15 is 0 Å². The molecule has 22 heavy (non-hydrogen) atoms. The zero-order chi connectivity index (χ0) is 16.5. The van der Waals surface area contributed by atoms with Gasteiger partial charge in [0.25, 0.3) is 0 Å². The first kappa shape index (κ1) is 17.2. The first-order valence-corrected chi connectivity index (χ1v) is 9.97. The van der Waals surface area contributed by atoms with Gasteiger partial charge in [-0.3, -0.25) is 4.72 Å². The lowest BCUT2D eigenvalue weighted by Gasteiger charge is -2.34. The first-order chi connectivity index (χ1) is 10.1. The summed E-state index contributed by atoms with van der Waals surface area (Å²) in [7, 11) is -7.59. The van der Waals surface area contributed by atoms with Crippen molar-refractivity contribution in [1.82, 2.24) is 4.31 Å². The Morgan fingerprint density at radius 3 is 2.27 bits per heavy atom. The van der Waals surface area contributed by atoms with E-state index in [4.69, 9.17) is 5.14 Å². The Morgan fingerprint density at radius 1 is 1.14 bits per heavy atom. The minimum Gasteiger partial charge on any atom is -0.271 e. The number of hydrogen-bond donors (Lipinski definition) is 2. The third-order valence-electron chi connectivity index (χ3n) is 3.58. The van der Waals surface area contributed by atoms with Gasteiger partial charge < -0.3 is 0 Å². The lowest BCUT2D eigenvalue weighted by molar-refractivity contribution is 0.223. The average Bonchev–Trinajstić information content (AvgIpc) is 2.36.